The molecule has 0 spiro atoms. The Balaban J connectivity index is 1.31. The van der Waals surface area contributed by atoms with Gasteiger partial charge >= 0.3 is 0 Å². The molecule has 5 heteroatoms. The Hall–Kier alpha value is -2.81. The van der Waals surface area contributed by atoms with Crippen LogP contribution in [-0.2, 0) is 0 Å². The summed E-state index contributed by atoms with van der Waals surface area (Å²) in [7, 11) is 1.69. The van der Waals surface area contributed by atoms with Crippen LogP contribution >= 0.6 is 11.3 Å². The lowest BCUT2D eigenvalue weighted by molar-refractivity contribution is 0.288. The number of piperazine rings is 1. The molecule has 0 N–H and O–H groups in total. The summed E-state index contributed by atoms with van der Waals surface area (Å²) in [6, 6.07) is 14.5. The molecule has 1 aliphatic rings. The van der Waals surface area contributed by atoms with E-state index in [9.17, 15) is 0 Å². The van der Waals surface area contributed by atoms with Crippen molar-refractivity contribution < 1.29 is 4.74 Å². The van der Waals surface area contributed by atoms with Gasteiger partial charge in [-0.3, -0.25) is 4.90 Å². The summed E-state index contributed by atoms with van der Waals surface area (Å²) in [6.07, 6.45) is 0. The Kier molecular flexibility index (Phi) is 6.37. The van der Waals surface area contributed by atoms with Crippen LogP contribution < -0.4 is 9.64 Å². The first-order valence-electron chi connectivity index (χ1n) is 10.3. The van der Waals surface area contributed by atoms with Crippen LogP contribution in [0.2, 0.25) is 0 Å². The molecule has 1 aliphatic heterocycles. The first-order chi connectivity index (χ1) is 14.6. The van der Waals surface area contributed by atoms with Crippen LogP contribution in [-0.4, -0.2) is 49.7 Å². The average Bonchev–Trinajstić information content (AvgIpc) is 3.26. The Morgan fingerprint density at radius 3 is 2.50 bits per heavy atom. The number of anilines is 1. The molecule has 0 amide bonds. The number of methoxy groups -OCH3 is 1. The second kappa shape index (κ2) is 9.34. The lowest BCUT2D eigenvalue weighted by Gasteiger charge is -2.33. The topological polar surface area (TPSA) is 28.6 Å². The number of ether oxygens (including phenoxy) is 1. The standard InChI is InChI=1S/C25H27N3OS/c1-19-6-7-21(20(2)17-19)5-4-12-27-13-15-28(16-14-27)25-26-24(18-30-25)22-8-10-23(29-3)11-9-22/h6-11,17-18H,12-16H2,1-3H3. The van der Waals surface area contributed by atoms with E-state index in [1.807, 2.05) is 12.1 Å². The van der Waals surface area contributed by atoms with Crippen LogP contribution in [0.3, 0.4) is 0 Å². The highest BCUT2D eigenvalue weighted by molar-refractivity contribution is 7.14. The van der Waals surface area contributed by atoms with Crippen LogP contribution in [0.4, 0.5) is 5.13 Å². The van der Waals surface area contributed by atoms with Gasteiger partial charge in [0.25, 0.3) is 0 Å². The van der Waals surface area contributed by atoms with Gasteiger partial charge in [0.15, 0.2) is 5.13 Å². The second-order valence-electron chi connectivity index (χ2n) is 7.63. The van der Waals surface area contributed by atoms with Gasteiger partial charge in [-0.25, -0.2) is 4.98 Å². The van der Waals surface area contributed by atoms with E-state index in [1.54, 1.807) is 18.4 Å². The molecule has 4 nitrogen and oxygen atoms in total. The molecule has 0 saturated carbocycles. The highest BCUT2D eigenvalue weighted by atomic mass is 32.1. The molecule has 2 aromatic carbocycles. The van der Waals surface area contributed by atoms with E-state index < -0.39 is 0 Å². The van der Waals surface area contributed by atoms with Gasteiger partial charge in [0.05, 0.1) is 19.3 Å². The normalized spacial score (nSPS) is 14.3. The van der Waals surface area contributed by atoms with Crippen molar-refractivity contribution in [2.45, 2.75) is 13.8 Å². The smallest absolute Gasteiger partial charge is 0.185 e. The molecule has 0 unspecified atom stereocenters. The Labute approximate surface area is 183 Å². The molecule has 30 heavy (non-hydrogen) atoms. The van der Waals surface area contributed by atoms with Gasteiger partial charge in [-0.05, 0) is 49.7 Å². The van der Waals surface area contributed by atoms with Crippen molar-refractivity contribution in [1.82, 2.24) is 9.88 Å². The van der Waals surface area contributed by atoms with Crippen molar-refractivity contribution >= 4 is 16.5 Å². The largest absolute Gasteiger partial charge is 0.497 e. The van der Waals surface area contributed by atoms with Crippen molar-refractivity contribution in [1.29, 1.82) is 0 Å². The minimum Gasteiger partial charge on any atom is -0.497 e. The fourth-order valence-corrected chi connectivity index (χ4v) is 4.49. The van der Waals surface area contributed by atoms with E-state index in [0.29, 0.717) is 0 Å². The van der Waals surface area contributed by atoms with E-state index in [2.05, 4.69) is 71.2 Å². The fourth-order valence-electron chi connectivity index (χ4n) is 3.60. The summed E-state index contributed by atoms with van der Waals surface area (Å²) < 4.78 is 5.24. The van der Waals surface area contributed by atoms with Crippen molar-refractivity contribution in [2.75, 3.05) is 44.7 Å². The second-order valence-corrected chi connectivity index (χ2v) is 8.46. The maximum absolute atomic E-state index is 5.24. The number of nitrogens with zero attached hydrogens (tertiary/aromatic N) is 3. The molecule has 3 aromatic rings. The van der Waals surface area contributed by atoms with Crippen LogP contribution in [0.15, 0.2) is 47.8 Å². The highest BCUT2D eigenvalue weighted by Crippen LogP contribution is 2.29. The first-order valence-corrected chi connectivity index (χ1v) is 11.1. The van der Waals surface area contributed by atoms with Crippen molar-refractivity contribution in [2.24, 2.45) is 0 Å². The minimum atomic E-state index is 0.816. The molecular formula is C25H27N3OS. The van der Waals surface area contributed by atoms with E-state index in [4.69, 9.17) is 9.72 Å². The third-order valence-corrected chi connectivity index (χ3v) is 6.33. The number of thiazole rings is 1. The summed E-state index contributed by atoms with van der Waals surface area (Å²) >= 11 is 1.72. The zero-order chi connectivity index (χ0) is 20.9. The summed E-state index contributed by atoms with van der Waals surface area (Å²) in [5.74, 6) is 7.56. The van der Waals surface area contributed by atoms with E-state index in [-0.39, 0.29) is 0 Å². The zero-order valence-electron chi connectivity index (χ0n) is 17.8. The molecule has 1 aromatic heterocycles. The molecule has 0 aliphatic carbocycles. The monoisotopic (exact) mass is 417 g/mol. The molecule has 154 valence electrons. The molecule has 1 saturated heterocycles. The third kappa shape index (κ3) is 4.84. The van der Waals surface area contributed by atoms with Gasteiger partial charge in [0.2, 0.25) is 0 Å². The number of rotatable bonds is 4. The van der Waals surface area contributed by atoms with Gasteiger partial charge < -0.3 is 9.64 Å². The van der Waals surface area contributed by atoms with Crippen molar-refractivity contribution in [3.63, 3.8) is 0 Å². The lowest BCUT2D eigenvalue weighted by atomic mass is 10.1. The minimum absolute atomic E-state index is 0.816. The summed E-state index contributed by atoms with van der Waals surface area (Å²) in [5, 5.41) is 3.24. The number of hydrogen-bond acceptors (Lipinski definition) is 5. The van der Waals surface area contributed by atoms with Gasteiger partial charge in [-0.2, -0.15) is 0 Å². The molecule has 0 radical (unpaired) electrons. The van der Waals surface area contributed by atoms with Crippen LogP contribution in [0.1, 0.15) is 16.7 Å². The van der Waals surface area contributed by atoms with Crippen molar-refractivity contribution in [3.8, 4) is 28.8 Å². The number of aryl methyl sites for hydroxylation is 2. The van der Waals surface area contributed by atoms with Crippen molar-refractivity contribution in [3.05, 3.63) is 64.5 Å². The number of hydrogen-bond donors (Lipinski definition) is 0. The van der Waals surface area contributed by atoms with Crippen LogP contribution in [0, 0.1) is 25.7 Å². The lowest BCUT2D eigenvalue weighted by Crippen LogP contribution is -2.46. The summed E-state index contributed by atoms with van der Waals surface area (Å²) in [5.41, 5.74) is 5.82. The number of aromatic nitrogens is 1. The zero-order valence-corrected chi connectivity index (χ0v) is 18.6. The maximum Gasteiger partial charge on any atom is 0.185 e. The molecule has 0 bridgehead atoms. The fraction of sp³-hybridized carbons (Fsp3) is 0.320. The predicted octanol–water partition coefficient (Wildman–Crippen LogP) is 4.61. The van der Waals surface area contributed by atoms with E-state index >= 15 is 0 Å². The highest BCUT2D eigenvalue weighted by Gasteiger charge is 2.19. The Bertz CT molecular complexity index is 1050. The summed E-state index contributed by atoms with van der Waals surface area (Å²) in [6.45, 7) is 9.06. The molecule has 1 fully saturated rings. The van der Waals surface area contributed by atoms with Crippen LogP contribution in [0.5, 0.6) is 5.75 Å². The third-order valence-electron chi connectivity index (χ3n) is 5.43. The van der Waals surface area contributed by atoms with Gasteiger partial charge in [0, 0.05) is 42.7 Å². The quantitative estimate of drug-likeness (QED) is 0.580. The first kappa shape index (κ1) is 20.5. The van der Waals surface area contributed by atoms with Gasteiger partial charge in [-0.15, -0.1) is 11.3 Å². The SMILES string of the molecule is COc1ccc(-c2csc(N3CCN(CC#Cc4ccc(C)cc4C)CC3)n2)cc1. The molecule has 0 atom stereocenters. The average molecular weight is 418 g/mol. The van der Waals surface area contributed by atoms with Gasteiger partial charge in [0.1, 0.15) is 5.75 Å². The van der Waals surface area contributed by atoms with E-state index in [0.717, 1.165) is 60.4 Å². The number of benzene rings is 2. The summed E-state index contributed by atoms with van der Waals surface area (Å²) in [4.78, 5) is 9.66. The Morgan fingerprint density at radius 2 is 1.80 bits per heavy atom. The van der Waals surface area contributed by atoms with Gasteiger partial charge in [-0.1, -0.05) is 29.5 Å². The predicted molar refractivity (Wildman–Crippen MR) is 126 cm³/mol. The maximum atomic E-state index is 5.24. The molecule has 2 heterocycles. The Morgan fingerprint density at radius 1 is 1.03 bits per heavy atom. The van der Waals surface area contributed by atoms with E-state index in [1.165, 1.54) is 11.1 Å². The van der Waals surface area contributed by atoms with Crippen LogP contribution in [0.25, 0.3) is 11.3 Å². The molecule has 4 rings (SSSR count). The molecular weight excluding hydrogens is 390 g/mol.